The molecule has 0 aliphatic heterocycles. The molecule has 1 fully saturated rings. The molecule has 0 unspecified atom stereocenters. The second kappa shape index (κ2) is 12.0. The van der Waals surface area contributed by atoms with Gasteiger partial charge in [-0.25, -0.2) is 0 Å². The van der Waals surface area contributed by atoms with E-state index in [0.29, 0.717) is 32.1 Å². The molecule has 0 saturated heterocycles. The van der Waals surface area contributed by atoms with E-state index in [1.54, 1.807) is 12.2 Å². The van der Waals surface area contributed by atoms with Crippen molar-refractivity contribution >= 4 is 11.8 Å². The van der Waals surface area contributed by atoms with Crippen molar-refractivity contribution in [2.24, 2.45) is 11.8 Å². The summed E-state index contributed by atoms with van der Waals surface area (Å²) in [6.07, 6.45) is 11.9. The van der Waals surface area contributed by atoms with Crippen LogP contribution in [0.1, 0.15) is 64.7 Å². The van der Waals surface area contributed by atoms with Crippen LogP contribution in [0.5, 0.6) is 0 Å². The summed E-state index contributed by atoms with van der Waals surface area (Å²) in [5, 5.41) is 28.9. The van der Waals surface area contributed by atoms with Gasteiger partial charge in [0.1, 0.15) is 0 Å². The van der Waals surface area contributed by atoms with Gasteiger partial charge < -0.3 is 15.3 Å². The number of aliphatic hydroxyl groups is 2. The van der Waals surface area contributed by atoms with Crippen LogP contribution in [0.25, 0.3) is 0 Å². The smallest absolute Gasteiger partial charge is 0.303 e. The number of aliphatic hydroxyl groups excluding tert-OH is 2. The lowest BCUT2D eigenvalue weighted by atomic mass is 9.89. The van der Waals surface area contributed by atoms with Crippen LogP contribution in [-0.4, -0.2) is 39.3 Å². The fourth-order valence-electron chi connectivity index (χ4n) is 3.30. The molecule has 0 aromatic rings. The highest BCUT2D eigenvalue weighted by atomic mass is 16.4. The molecule has 4 atom stereocenters. The normalized spacial score (nSPS) is 26.7. The van der Waals surface area contributed by atoms with E-state index >= 15 is 0 Å². The van der Waals surface area contributed by atoms with Crippen molar-refractivity contribution in [3.05, 3.63) is 24.3 Å². The summed E-state index contributed by atoms with van der Waals surface area (Å²) in [6, 6.07) is 0. The quantitative estimate of drug-likeness (QED) is 0.285. The van der Waals surface area contributed by atoms with Crippen LogP contribution < -0.4 is 0 Å². The first-order chi connectivity index (χ1) is 12.0. The molecule has 142 valence electrons. The number of ketones is 1. The number of carbonyl (C=O) groups excluding carboxylic acids is 1. The zero-order valence-electron chi connectivity index (χ0n) is 15.1. The van der Waals surface area contributed by atoms with Crippen molar-refractivity contribution in [3.63, 3.8) is 0 Å². The first-order valence-electron chi connectivity index (χ1n) is 9.39. The Morgan fingerprint density at radius 3 is 2.48 bits per heavy atom. The maximum atomic E-state index is 11.9. The number of unbranched alkanes of at least 4 members (excludes halogenated alkanes) is 3. The van der Waals surface area contributed by atoms with E-state index in [2.05, 4.69) is 6.92 Å². The lowest BCUT2D eigenvalue weighted by molar-refractivity contribution is -0.137. The number of hydrogen-bond acceptors (Lipinski definition) is 4. The van der Waals surface area contributed by atoms with E-state index in [1.165, 1.54) is 0 Å². The Labute approximate surface area is 150 Å². The molecular weight excluding hydrogens is 320 g/mol. The summed E-state index contributed by atoms with van der Waals surface area (Å²) in [4.78, 5) is 22.3. The third kappa shape index (κ3) is 8.45. The third-order valence-electron chi connectivity index (χ3n) is 4.78. The van der Waals surface area contributed by atoms with E-state index in [0.717, 1.165) is 19.3 Å². The molecule has 0 bridgehead atoms. The maximum absolute atomic E-state index is 11.9. The lowest BCUT2D eigenvalue weighted by Gasteiger charge is -2.19. The molecule has 1 aliphatic carbocycles. The number of carbonyl (C=O) groups is 2. The van der Waals surface area contributed by atoms with Crippen LogP contribution in [0.3, 0.4) is 0 Å². The Bertz CT molecular complexity index is 469. The van der Waals surface area contributed by atoms with Gasteiger partial charge in [-0.1, -0.05) is 38.0 Å². The molecule has 0 aromatic heterocycles. The molecule has 5 nitrogen and oxygen atoms in total. The van der Waals surface area contributed by atoms with Gasteiger partial charge in [0.15, 0.2) is 5.78 Å². The van der Waals surface area contributed by atoms with Gasteiger partial charge in [-0.3, -0.25) is 9.59 Å². The SMILES string of the molecule is CCCCCC(=O)/C=C/[C@@H]1[C@H](C/C=C/CCCC(=O)O)[C@H](O)C[C@H]1O. The number of rotatable bonds is 12. The molecule has 0 spiro atoms. The minimum absolute atomic E-state index is 0.0741. The van der Waals surface area contributed by atoms with Crippen molar-refractivity contribution in [3.8, 4) is 0 Å². The summed E-state index contributed by atoms with van der Waals surface area (Å²) in [6.45, 7) is 2.09. The van der Waals surface area contributed by atoms with Crippen molar-refractivity contribution in [1.29, 1.82) is 0 Å². The van der Waals surface area contributed by atoms with Crippen LogP contribution in [0.15, 0.2) is 24.3 Å². The highest BCUT2D eigenvalue weighted by molar-refractivity contribution is 5.89. The van der Waals surface area contributed by atoms with Crippen molar-refractivity contribution in [1.82, 2.24) is 0 Å². The van der Waals surface area contributed by atoms with E-state index in [1.807, 2.05) is 12.2 Å². The van der Waals surface area contributed by atoms with Gasteiger partial charge in [-0.05, 0) is 37.7 Å². The average Bonchev–Trinajstić information content (AvgIpc) is 2.82. The fraction of sp³-hybridized carbons (Fsp3) is 0.700. The van der Waals surface area contributed by atoms with Crippen LogP contribution in [0.4, 0.5) is 0 Å². The van der Waals surface area contributed by atoms with Crippen molar-refractivity contribution in [2.45, 2.75) is 76.9 Å². The fourth-order valence-corrected chi connectivity index (χ4v) is 3.30. The molecule has 3 N–H and O–H groups in total. The molecule has 0 amide bonds. The van der Waals surface area contributed by atoms with Crippen LogP contribution in [-0.2, 0) is 9.59 Å². The zero-order valence-corrected chi connectivity index (χ0v) is 15.1. The number of carboxylic acid groups (broad SMARTS) is 1. The van der Waals surface area contributed by atoms with E-state index in [4.69, 9.17) is 5.11 Å². The Hall–Kier alpha value is -1.46. The molecule has 1 rings (SSSR count). The van der Waals surface area contributed by atoms with Gasteiger partial charge in [-0.2, -0.15) is 0 Å². The zero-order chi connectivity index (χ0) is 18.7. The van der Waals surface area contributed by atoms with Crippen molar-refractivity contribution in [2.75, 3.05) is 0 Å². The van der Waals surface area contributed by atoms with Gasteiger partial charge in [0.25, 0.3) is 0 Å². The number of carboxylic acids is 1. The second-order valence-electron chi connectivity index (χ2n) is 6.89. The van der Waals surface area contributed by atoms with E-state index < -0.39 is 18.2 Å². The summed E-state index contributed by atoms with van der Waals surface area (Å²) < 4.78 is 0. The minimum atomic E-state index is -0.795. The van der Waals surface area contributed by atoms with Gasteiger partial charge in [0.2, 0.25) is 0 Å². The van der Waals surface area contributed by atoms with Gasteiger partial charge in [0, 0.05) is 25.2 Å². The molecular formula is C20H32O5. The molecule has 0 heterocycles. The highest BCUT2D eigenvalue weighted by Gasteiger charge is 2.39. The van der Waals surface area contributed by atoms with Crippen LogP contribution in [0, 0.1) is 11.8 Å². The van der Waals surface area contributed by atoms with E-state index in [9.17, 15) is 19.8 Å². The van der Waals surface area contributed by atoms with Gasteiger partial charge in [0.05, 0.1) is 12.2 Å². The predicted octanol–water partition coefficient (Wildman–Crippen LogP) is 3.25. The molecule has 5 heteroatoms. The van der Waals surface area contributed by atoms with Crippen LogP contribution >= 0.6 is 0 Å². The van der Waals surface area contributed by atoms with Gasteiger partial charge >= 0.3 is 5.97 Å². The van der Waals surface area contributed by atoms with Gasteiger partial charge in [-0.15, -0.1) is 0 Å². The first kappa shape index (κ1) is 21.6. The monoisotopic (exact) mass is 352 g/mol. The average molecular weight is 352 g/mol. The second-order valence-corrected chi connectivity index (χ2v) is 6.89. The summed E-state index contributed by atoms with van der Waals surface area (Å²) in [5.74, 6) is -1.04. The van der Waals surface area contributed by atoms with Crippen molar-refractivity contribution < 1.29 is 24.9 Å². The highest BCUT2D eigenvalue weighted by Crippen LogP contribution is 2.36. The summed E-state index contributed by atoms with van der Waals surface area (Å²) >= 11 is 0. The third-order valence-corrected chi connectivity index (χ3v) is 4.78. The number of hydrogen-bond donors (Lipinski definition) is 3. The molecule has 0 radical (unpaired) electrons. The maximum Gasteiger partial charge on any atom is 0.303 e. The lowest BCUT2D eigenvalue weighted by Crippen LogP contribution is -2.20. The number of aliphatic carboxylic acids is 1. The topological polar surface area (TPSA) is 94.8 Å². The first-order valence-corrected chi connectivity index (χ1v) is 9.39. The largest absolute Gasteiger partial charge is 0.481 e. The standard InChI is InChI=1S/C20H32O5/c1-2-3-6-9-15(21)12-13-17-16(18(22)14-19(17)23)10-7-4-5-8-11-20(24)25/h4,7,12-13,16-19,22-23H,2-3,5-6,8-11,14H2,1H3,(H,24,25)/b7-4+,13-12+/t16-,17+,18+,19+/m0/s1. The Balaban J connectivity index is 2.48. The summed E-state index contributed by atoms with van der Waals surface area (Å²) in [7, 11) is 0. The van der Waals surface area contributed by atoms with E-state index in [-0.39, 0.29) is 24.0 Å². The molecule has 1 saturated carbocycles. The Morgan fingerprint density at radius 1 is 1.04 bits per heavy atom. The molecule has 1 aliphatic rings. The Morgan fingerprint density at radius 2 is 1.80 bits per heavy atom. The summed E-state index contributed by atoms with van der Waals surface area (Å²) in [5.41, 5.74) is 0. The van der Waals surface area contributed by atoms with Crippen LogP contribution in [0.2, 0.25) is 0 Å². The minimum Gasteiger partial charge on any atom is -0.481 e. The Kier molecular flexibility index (Phi) is 10.3. The molecule has 25 heavy (non-hydrogen) atoms. The molecule has 0 aromatic carbocycles. The predicted molar refractivity (Wildman–Crippen MR) is 97.1 cm³/mol. The number of allylic oxidation sites excluding steroid dienone is 3.